The molecule has 0 aromatic heterocycles. The lowest BCUT2D eigenvalue weighted by atomic mass is 9.85. The van der Waals surface area contributed by atoms with Crippen LogP contribution in [0.4, 0.5) is 4.39 Å². The quantitative estimate of drug-likeness (QED) is 0.868. The van der Waals surface area contributed by atoms with Gasteiger partial charge in [0, 0.05) is 25.1 Å². The summed E-state index contributed by atoms with van der Waals surface area (Å²) in [4.78, 5) is 0. The molecule has 0 heterocycles. The van der Waals surface area contributed by atoms with Crippen LogP contribution in [0.2, 0.25) is 0 Å². The summed E-state index contributed by atoms with van der Waals surface area (Å²) in [7, 11) is 1.92. The predicted octanol–water partition coefficient (Wildman–Crippen LogP) is 3.12. The normalized spacial score (nSPS) is 26.0. The fourth-order valence-electron chi connectivity index (χ4n) is 2.18. The molecule has 1 aliphatic rings. The molecule has 1 N–H and O–H groups in total. The third-order valence-corrected chi connectivity index (χ3v) is 3.96. The van der Waals surface area contributed by atoms with Crippen molar-refractivity contribution < 1.29 is 13.9 Å². The van der Waals surface area contributed by atoms with E-state index in [0.717, 1.165) is 19.4 Å². The predicted molar refractivity (Wildman–Crippen MR) is 76.0 cm³/mol. The molecular formula is C14H19BrFNO2. The molecule has 3 unspecified atom stereocenters. The highest BCUT2D eigenvalue weighted by molar-refractivity contribution is 9.10. The summed E-state index contributed by atoms with van der Waals surface area (Å²) in [6.45, 7) is 2.80. The monoisotopic (exact) mass is 331 g/mol. The number of likely N-dealkylation sites (N-methyl/N-ethyl adjacent to an activating group) is 1. The summed E-state index contributed by atoms with van der Waals surface area (Å²) < 4.78 is 25.4. The molecule has 0 bridgehead atoms. The molecule has 5 heteroatoms. The molecule has 0 aliphatic heterocycles. The molecule has 1 aromatic carbocycles. The average molecular weight is 332 g/mol. The standard InChI is InChI=1S/C14H19BrFNO2/c1-3-6-18-14-12(17-2)8-13(14)19-9-4-5-10(15)11(16)7-9/h4-5,7,12-14,17H,3,6,8H2,1-2H3. The third kappa shape index (κ3) is 3.46. The lowest BCUT2D eigenvalue weighted by molar-refractivity contribution is -0.106. The van der Waals surface area contributed by atoms with Gasteiger partial charge in [0.1, 0.15) is 23.8 Å². The molecule has 2 rings (SSSR count). The van der Waals surface area contributed by atoms with Crippen LogP contribution in [-0.4, -0.2) is 31.9 Å². The van der Waals surface area contributed by atoms with E-state index in [9.17, 15) is 4.39 Å². The Labute approximate surface area is 121 Å². The molecule has 0 radical (unpaired) electrons. The largest absolute Gasteiger partial charge is 0.487 e. The minimum absolute atomic E-state index is 0.00965. The van der Waals surface area contributed by atoms with Gasteiger partial charge in [0.05, 0.1) is 4.47 Å². The van der Waals surface area contributed by atoms with E-state index >= 15 is 0 Å². The molecule has 3 atom stereocenters. The summed E-state index contributed by atoms with van der Waals surface area (Å²) in [6, 6.07) is 5.13. The third-order valence-electron chi connectivity index (χ3n) is 3.31. The van der Waals surface area contributed by atoms with Gasteiger partial charge in [-0.1, -0.05) is 6.92 Å². The van der Waals surface area contributed by atoms with Crippen molar-refractivity contribution >= 4 is 15.9 Å². The van der Waals surface area contributed by atoms with Gasteiger partial charge in [-0.25, -0.2) is 4.39 Å². The zero-order chi connectivity index (χ0) is 13.8. The van der Waals surface area contributed by atoms with Crippen LogP contribution in [0.15, 0.2) is 22.7 Å². The van der Waals surface area contributed by atoms with Crippen molar-refractivity contribution in [3.05, 3.63) is 28.5 Å². The van der Waals surface area contributed by atoms with Crippen LogP contribution in [0.1, 0.15) is 19.8 Å². The van der Waals surface area contributed by atoms with Gasteiger partial charge in [-0.05, 0) is 41.5 Å². The van der Waals surface area contributed by atoms with Gasteiger partial charge in [-0.3, -0.25) is 0 Å². The molecule has 1 aromatic rings. The molecule has 1 saturated carbocycles. The van der Waals surface area contributed by atoms with E-state index in [1.54, 1.807) is 12.1 Å². The lowest BCUT2D eigenvalue weighted by Gasteiger charge is -2.43. The van der Waals surface area contributed by atoms with Crippen molar-refractivity contribution in [1.82, 2.24) is 5.32 Å². The SMILES string of the molecule is CCCOC1C(NC)CC1Oc1ccc(Br)c(F)c1. The Morgan fingerprint density at radius 1 is 1.47 bits per heavy atom. The summed E-state index contributed by atoms with van der Waals surface area (Å²) in [5, 5.41) is 3.21. The molecule has 3 nitrogen and oxygen atoms in total. The Morgan fingerprint density at radius 2 is 2.26 bits per heavy atom. The van der Waals surface area contributed by atoms with E-state index in [1.165, 1.54) is 6.07 Å². The Kier molecular flexibility index (Phi) is 5.19. The highest BCUT2D eigenvalue weighted by Gasteiger charge is 2.42. The van der Waals surface area contributed by atoms with Crippen LogP contribution in [0.3, 0.4) is 0 Å². The average Bonchev–Trinajstić information content (AvgIpc) is 2.38. The van der Waals surface area contributed by atoms with E-state index in [1.807, 2.05) is 7.05 Å². The lowest BCUT2D eigenvalue weighted by Crippen LogP contribution is -2.60. The topological polar surface area (TPSA) is 30.5 Å². The van der Waals surface area contributed by atoms with Gasteiger partial charge in [-0.15, -0.1) is 0 Å². The second-order valence-corrected chi connectivity index (χ2v) is 5.55. The van der Waals surface area contributed by atoms with Crippen LogP contribution < -0.4 is 10.1 Å². The number of hydrogen-bond acceptors (Lipinski definition) is 3. The Hall–Kier alpha value is -0.650. The van der Waals surface area contributed by atoms with E-state index in [4.69, 9.17) is 9.47 Å². The van der Waals surface area contributed by atoms with E-state index in [2.05, 4.69) is 28.2 Å². The maximum absolute atomic E-state index is 13.4. The molecule has 0 spiro atoms. The number of rotatable bonds is 6. The van der Waals surface area contributed by atoms with Crippen molar-refractivity contribution in [1.29, 1.82) is 0 Å². The maximum Gasteiger partial charge on any atom is 0.141 e. The number of ether oxygens (including phenoxy) is 2. The molecule has 1 aliphatic carbocycles. The van der Waals surface area contributed by atoms with Crippen LogP contribution in [-0.2, 0) is 4.74 Å². The van der Waals surface area contributed by atoms with Crippen LogP contribution >= 0.6 is 15.9 Å². The Bertz CT molecular complexity index is 430. The molecule has 0 saturated heterocycles. The van der Waals surface area contributed by atoms with Gasteiger partial charge in [0.15, 0.2) is 0 Å². The van der Waals surface area contributed by atoms with Crippen LogP contribution in [0, 0.1) is 5.82 Å². The van der Waals surface area contributed by atoms with Crippen molar-refractivity contribution in [2.24, 2.45) is 0 Å². The zero-order valence-electron chi connectivity index (χ0n) is 11.2. The first-order valence-electron chi connectivity index (χ1n) is 6.56. The van der Waals surface area contributed by atoms with Gasteiger partial charge >= 0.3 is 0 Å². The van der Waals surface area contributed by atoms with E-state index < -0.39 is 0 Å². The number of hydrogen-bond donors (Lipinski definition) is 1. The second kappa shape index (κ2) is 6.68. The van der Waals surface area contributed by atoms with Gasteiger partial charge < -0.3 is 14.8 Å². The summed E-state index contributed by atoms with van der Waals surface area (Å²) >= 11 is 3.13. The Balaban J connectivity index is 1.96. The second-order valence-electron chi connectivity index (χ2n) is 4.70. The summed E-state index contributed by atoms with van der Waals surface area (Å²) in [5.41, 5.74) is 0. The van der Waals surface area contributed by atoms with Crippen molar-refractivity contribution in [2.75, 3.05) is 13.7 Å². The summed E-state index contributed by atoms with van der Waals surface area (Å²) in [5.74, 6) is 0.235. The zero-order valence-corrected chi connectivity index (χ0v) is 12.7. The first-order chi connectivity index (χ1) is 9.15. The Morgan fingerprint density at radius 3 is 2.89 bits per heavy atom. The molecule has 106 valence electrons. The fraction of sp³-hybridized carbons (Fsp3) is 0.571. The first-order valence-corrected chi connectivity index (χ1v) is 7.35. The maximum atomic E-state index is 13.4. The molecule has 0 amide bonds. The van der Waals surface area contributed by atoms with Crippen LogP contribution in [0.25, 0.3) is 0 Å². The minimum atomic E-state index is -0.312. The number of nitrogens with one attached hydrogen (secondary N) is 1. The number of halogens is 2. The highest BCUT2D eigenvalue weighted by atomic mass is 79.9. The van der Waals surface area contributed by atoms with Gasteiger partial charge in [-0.2, -0.15) is 0 Å². The smallest absolute Gasteiger partial charge is 0.141 e. The number of benzene rings is 1. The van der Waals surface area contributed by atoms with E-state index in [0.29, 0.717) is 16.3 Å². The molecule has 19 heavy (non-hydrogen) atoms. The van der Waals surface area contributed by atoms with Crippen LogP contribution in [0.5, 0.6) is 5.75 Å². The fourth-order valence-corrected chi connectivity index (χ4v) is 2.43. The van der Waals surface area contributed by atoms with Gasteiger partial charge in [0.25, 0.3) is 0 Å². The van der Waals surface area contributed by atoms with E-state index in [-0.39, 0.29) is 18.0 Å². The molecule has 1 fully saturated rings. The molecular weight excluding hydrogens is 313 g/mol. The van der Waals surface area contributed by atoms with Gasteiger partial charge in [0.2, 0.25) is 0 Å². The highest BCUT2D eigenvalue weighted by Crippen LogP contribution is 2.30. The van der Waals surface area contributed by atoms with Crippen molar-refractivity contribution in [3.8, 4) is 5.75 Å². The first kappa shape index (κ1) is 14.8. The van der Waals surface area contributed by atoms with Crippen molar-refractivity contribution in [3.63, 3.8) is 0 Å². The summed E-state index contributed by atoms with van der Waals surface area (Å²) in [6.07, 6.45) is 1.89. The van der Waals surface area contributed by atoms with Crippen molar-refractivity contribution in [2.45, 2.75) is 38.0 Å². The minimum Gasteiger partial charge on any atom is -0.487 e.